The predicted octanol–water partition coefficient (Wildman–Crippen LogP) is 3.47. The van der Waals surface area contributed by atoms with E-state index in [1.54, 1.807) is 11.9 Å². The Kier molecular flexibility index (Phi) is 5.22. The third kappa shape index (κ3) is 3.80. The summed E-state index contributed by atoms with van der Waals surface area (Å²) in [5.41, 5.74) is 1.96. The number of hydrogen-bond acceptors (Lipinski definition) is 2. The molecule has 4 heteroatoms. The maximum Gasteiger partial charge on any atom is 0.243 e. The lowest BCUT2D eigenvalue weighted by molar-refractivity contribution is -0.134. The first kappa shape index (κ1) is 17.0. The minimum Gasteiger partial charge on any atom is -0.336 e. The molecule has 2 aliphatic rings. The van der Waals surface area contributed by atoms with Crippen molar-refractivity contribution in [2.75, 3.05) is 18.9 Å². The van der Waals surface area contributed by atoms with Crippen LogP contribution in [0.1, 0.15) is 44.6 Å². The van der Waals surface area contributed by atoms with Crippen LogP contribution >= 0.6 is 0 Å². The topological polar surface area (TPSA) is 49.4 Å². The quantitative estimate of drug-likeness (QED) is 0.869. The number of anilines is 1. The molecule has 0 radical (unpaired) electrons. The fraction of sp³-hybridized carbons (Fsp3) is 0.600. The standard InChI is InChI=1S/C20H28N2O2/c1-3-15-6-4-5-7-18(15)21-19(23)13-22(2)20(24)12-17-11-14-8-9-16(17)10-14/h4-7,14,16-17H,3,8-13H2,1-2H3,(H,21,23)/t14-,16+,17+/m0/s1. The molecule has 2 aliphatic carbocycles. The zero-order valence-electron chi connectivity index (χ0n) is 14.8. The van der Waals surface area contributed by atoms with Crippen LogP contribution in [0.3, 0.4) is 0 Å². The van der Waals surface area contributed by atoms with Crippen molar-refractivity contribution in [1.82, 2.24) is 4.90 Å². The van der Waals surface area contributed by atoms with Crippen LogP contribution in [-0.4, -0.2) is 30.3 Å². The van der Waals surface area contributed by atoms with E-state index in [0.29, 0.717) is 12.3 Å². The average molecular weight is 328 g/mol. The van der Waals surface area contributed by atoms with Crippen LogP contribution in [0, 0.1) is 17.8 Å². The molecular formula is C20H28N2O2. The molecule has 0 saturated heterocycles. The van der Waals surface area contributed by atoms with E-state index in [4.69, 9.17) is 0 Å². The third-order valence-electron chi connectivity index (χ3n) is 5.80. The van der Waals surface area contributed by atoms with Crippen LogP contribution < -0.4 is 5.32 Å². The first-order valence-electron chi connectivity index (χ1n) is 9.18. The number of carbonyl (C=O) groups excluding carboxylic acids is 2. The molecule has 3 atom stereocenters. The summed E-state index contributed by atoms with van der Waals surface area (Å²) < 4.78 is 0. The summed E-state index contributed by atoms with van der Waals surface area (Å²) >= 11 is 0. The van der Waals surface area contributed by atoms with Gasteiger partial charge in [0.25, 0.3) is 0 Å². The van der Waals surface area contributed by atoms with Crippen molar-refractivity contribution in [3.05, 3.63) is 29.8 Å². The molecule has 2 bridgehead atoms. The number of rotatable bonds is 6. The first-order chi connectivity index (χ1) is 11.6. The Morgan fingerprint density at radius 3 is 2.67 bits per heavy atom. The highest BCUT2D eigenvalue weighted by Gasteiger charge is 2.40. The lowest BCUT2D eigenvalue weighted by Crippen LogP contribution is -2.36. The molecule has 1 aromatic rings. The van der Waals surface area contributed by atoms with Gasteiger partial charge < -0.3 is 10.2 Å². The van der Waals surface area contributed by atoms with Gasteiger partial charge in [0.15, 0.2) is 0 Å². The zero-order chi connectivity index (χ0) is 17.1. The summed E-state index contributed by atoms with van der Waals surface area (Å²) in [6, 6.07) is 7.81. The van der Waals surface area contributed by atoms with E-state index in [1.165, 1.54) is 25.7 Å². The normalized spacial score (nSPS) is 24.8. The molecule has 4 nitrogen and oxygen atoms in total. The van der Waals surface area contributed by atoms with Crippen molar-refractivity contribution in [2.45, 2.75) is 45.4 Å². The van der Waals surface area contributed by atoms with E-state index in [-0.39, 0.29) is 18.4 Å². The van der Waals surface area contributed by atoms with Gasteiger partial charge in [0.1, 0.15) is 0 Å². The molecule has 2 fully saturated rings. The van der Waals surface area contributed by atoms with E-state index < -0.39 is 0 Å². The molecule has 0 unspecified atom stereocenters. The van der Waals surface area contributed by atoms with Crippen molar-refractivity contribution in [2.24, 2.45) is 17.8 Å². The van der Waals surface area contributed by atoms with Crippen LogP contribution in [0.5, 0.6) is 0 Å². The number of hydrogen-bond donors (Lipinski definition) is 1. The third-order valence-corrected chi connectivity index (χ3v) is 5.80. The number of aryl methyl sites for hydroxylation is 1. The van der Waals surface area contributed by atoms with Gasteiger partial charge in [0.2, 0.25) is 11.8 Å². The highest BCUT2D eigenvalue weighted by atomic mass is 16.2. The van der Waals surface area contributed by atoms with Gasteiger partial charge in [-0.2, -0.15) is 0 Å². The van der Waals surface area contributed by atoms with E-state index >= 15 is 0 Å². The number of benzene rings is 1. The molecule has 1 aromatic carbocycles. The van der Waals surface area contributed by atoms with Gasteiger partial charge in [-0.25, -0.2) is 0 Å². The van der Waals surface area contributed by atoms with E-state index in [0.717, 1.165) is 29.5 Å². The van der Waals surface area contributed by atoms with E-state index in [9.17, 15) is 9.59 Å². The van der Waals surface area contributed by atoms with Gasteiger partial charge in [-0.1, -0.05) is 31.5 Å². The summed E-state index contributed by atoms with van der Waals surface area (Å²) in [6.07, 6.45) is 6.65. The molecule has 24 heavy (non-hydrogen) atoms. The largest absolute Gasteiger partial charge is 0.336 e. The molecule has 1 N–H and O–H groups in total. The average Bonchev–Trinajstić information content (AvgIpc) is 3.18. The van der Waals surface area contributed by atoms with Crippen molar-refractivity contribution in [3.63, 3.8) is 0 Å². The van der Waals surface area contributed by atoms with Crippen LogP contribution in [0.25, 0.3) is 0 Å². The maximum absolute atomic E-state index is 12.4. The van der Waals surface area contributed by atoms with E-state index in [1.807, 2.05) is 24.3 Å². The van der Waals surface area contributed by atoms with Crippen LogP contribution in [0.4, 0.5) is 5.69 Å². The Labute approximate surface area is 144 Å². The molecule has 3 rings (SSSR count). The molecule has 130 valence electrons. The van der Waals surface area contributed by atoms with Crippen molar-refractivity contribution in [1.29, 1.82) is 0 Å². The van der Waals surface area contributed by atoms with Gasteiger partial charge in [-0.05, 0) is 55.1 Å². The number of nitrogens with one attached hydrogen (secondary N) is 1. The minimum absolute atomic E-state index is 0.103. The van der Waals surface area contributed by atoms with Crippen molar-refractivity contribution >= 4 is 17.5 Å². The SMILES string of the molecule is CCc1ccccc1NC(=O)CN(C)C(=O)C[C@H]1C[C@H]2CC[C@@H]1C2. The first-order valence-corrected chi connectivity index (χ1v) is 9.18. The molecule has 0 heterocycles. The lowest BCUT2D eigenvalue weighted by atomic mass is 9.86. The summed E-state index contributed by atoms with van der Waals surface area (Å²) in [5.74, 6) is 2.12. The number of likely N-dealkylation sites (N-methyl/N-ethyl adjacent to an activating group) is 1. The second kappa shape index (κ2) is 7.37. The minimum atomic E-state index is -0.125. The molecule has 0 aliphatic heterocycles. The van der Waals surface area contributed by atoms with Crippen LogP contribution in [0.2, 0.25) is 0 Å². The Bertz CT molecular complexity index is 613. The number of nitrogens with zero attached hydrogens (tertiary/aromatic N) is 1. The van der Waals surface area contributed by atoms with Crippen molar-refractivity contribution < 1.29 is 9.59 Å². The second-order valence-electron chi connectivity index (χ2n) is 7.45. The summed E-state index contributed by atoms with van der Waals surface area (Å²) in [6.45, 7) is 2.19. The number of carbonyl (C=O) groups is 2. The molecular weight excluding hydrogens is 300 g/mol. The van der Waals surface area contributed by atoms with Crippen LogP contribution in [0.15, 0.2) is 24.3 Å². The Morgan fingerprint density at radius 2 is 2.00 bits per heavy atom. The summed E-state index contributed by atoms with van der Waals surface area (Å²) in [4.78, 5) is 26.3. The highest BCUT2D eigenvalue weighted by molar-refractivity contribution is 5.95. The summed E-state index contributed by atoms with van der Waals surface area (Å²) in [5, 5.41) is 2.94. The van der Waals surface area contributed by atoms with Crippen LogP contribution in [-0.2, 0) is 16.0 Å². The van der Waals surface area contributed by atoms with Gasteiger partial charge >= 0.3 is 0 Å². The number of para-hydroxylation sites is 1. The second-order valence-corrected chi connectivity index (χ2v) is 7.45. The van der Waals surface area contributed by atoms with Crippen molar-refractivity contribution in [3.8, 4) is 0 Å². The zero-order valence-corrected chi connectivity index (χ0v) is 14.8. The fourth-order valence-corrected chi connectivity index (χ4v) is 4.45. The Morgan fingerprint density at radius 1 is 1.21 bits per heavy atom. The summed E-state index contributed by atoms with van der Waals surface area (Å²) in [7, 11) is 1.74. The fourth-order valence-electron chi connectivity index (χ4n) is 4.45. The molecule has 2 saturated carbocycles. The van der Waals surface area contributed by atoms with Gasteiger partial charge in [-0.3, -0.25) is 9.59 Å². The number of amides is 2. The smallest absolute Gasteiger partial charge is 0.243 e. The number of fused-ring (bicyclic) bond motifs is 2. The molecule has 0 spiro atoms. The Hall–Kier alpha value is -1.84. The Balaban J connectivity index is 1.49. The maximum atomic E-state index is 12.4. The van der Waals surface area contributed by atoms with E-state index in [2.05, 4.69) is 12.2 Å². The van der Waals surface area contributed by atoms with Gasteiger partial charge in [-0.15, -0.1) is 0 Å². The highest BCUT2D eigenvalue weighted by Crippen LogP contribution is 2.49. The lowest BCUT2D eigenvalue weighted by Gasteiger charge is -2.24. The monoisotopic (exact) mass is 328 g/mol. The van der Waals surface area contributed by atoms with Gasteiger partial charge in [0.05, 0.1) is 6.54 Å². The molecule has 2 amide bonds. The molecule has 0 aromatic heterocycles. The van der Waals surface area contributed by atoms with Gasteiger partial charge in [0, 0.05) is 19.2 Å². The predicted molar refractivity (Wildman–Crippen MR) is 95.6 cm³/mol.